The van der Waals surface area contributed by atoms with Gasteiger partial charge in [0, 0.05) is 14.9 Å². The number of hydrogen-bond acceptors (Lipinski definition) is 3. The number of rotatable bonds is 4. The summed E-state index contributed by atoms with van der Waals surface area (Å²) in [6, 6.07) is 5.85. The summed E-state index contributed by atoms with van der Waals surface area (Å²) in [5.41, 5.74) is 2.06. The number of halogens is 2. The summed E-state index contributed by atoms with van der Waals surface area (Å²) in [6.45, 7) is 4.57. The Labute approximate surface area is 124 Å². The monoisotopic (exact) mass is 345 g/mol. The molecule has 1 heterocycles. The van der Waals surface area contributed by atoms with Gasteiger partial charge in [-0.1, -0.05) is 15.9 Å². The lowest BCUT2D eigenvalue weighted by molar-refractivity contribution is 0.303. The van der Waals surface area contributed by atoms with Crippen LogP contribution in [0, 0.1) is 13.8 Å². The number of ether oxygens (including phenoxy) is 1. The molecule has 0 aliphatic rings. The minimum absolute atomic E-state index is 0.435. The number of aromatic nitrogens is 1. The fourth-order valence-electron chi connectivity index (χ4n) is 1.53. The van der Waals surface area contributed by atoms with E-state index in [0.717, 1.165) is 26.5 Å². The highest BCUT2D eigenvalue weighted by Gasteiger charge is 2.07. The lowest BCUT2D eigenvalue weighted by Crippen LogP contribution is -1.97. The van der Waals surface area contributed by atoms with Crippen molar-refractivity contribution in [2.45, 2.75) is 26.3 Å². The quantitative estimate of drug-likeness (QED) is 0.739. The summed E-state index contributed by atoms with van der Waals surface area (Å²) in [4.78, 5) is 5.69. The third-order valence-electron chi connectivity index (χ3n) is 2.59. The predicted molar refractivity (Wildman–Crippen MR) is 79.6 cm³/mol. The van der Waals surface area contributed by atoms with Crippen LogP contribution in [0.1, 0.15) is 21.1 Å². The molecule has 1 aromatic carbocycles. The number of hydrogen-bond donors (Lipinski definition) is 0. The molecule has 2 rings (SSSR count). The van der Waals surface area contributed by atoms with Crippen LogP contribution in [0.3, 0.4) is 0 Å². The number of nitrogens with zero attached hydrogens (tertiary/aromatic N) is 1. The minimum Gasteiger partial charge on any atom is -0.486 e. The Kier molecular flexibility index (Phi) is 4.65. The molecule has 0 spiro atoms. The maximum Gasteiger partial charge on any atom is 0.140 e. The van der Waals surface area contributed by atoms with Crippen LogP contribution >= 0.6 is 38.9 Å². The van der Waals surface area contributed by atoms with Gasteiger partial charge >= 0.3 is 0 Å². The molecule has 0 saturated carbocycles. The van der Waals surface area contributed by atoms with Gasteiger partial charge < -0.3 is 4.74 Å². The van der Waals surface area contributed by atoms with Crippen molar-refractivity contribution in [3.05, 3.63) is 43.8 Å². The molecule has 0 atom stereocenters. The lowest BCUT2D eigenvalue weighted by Gasteiger charge is -2.08. The van der Waals surface area contributed by atoms with Crippen LogP contribution < -0.4 is 4.74 Å². The lowest BCUT2D eigenvalue weighted by atomic mass is 10.2. The number of alkyl halides is 1. The topological polar surface area (TPSA) is 22.1 Å². The average molecular weight is 347 g/mol. The smallest absolute Gasteiger partial charge is 0.140 e. The summed E-state index contributed by atoms with van der Waals surface area (Å²) in [7, 11) is 0. The molecule has 2 nitrogen and oxygen atoms in total. The van der Waals surface area contributed by atoms with E-state index in [1.807, 2.05) is 25.1 Å². The average Bonchev–Trinajstić information content (AvgIpc) is 2.67. The van der Waals surface area contributed by atoms with E-state index in [-0.39, 0.29) is 0 Å². The Morgan fingerprint density at radius 1 is 1.39 bits per heavy atom. The number of thiazole rings is 1. The third kappa shape index (κ3) is 3.25. The van der Waals surface area contributed by atoms with E-state index in [9.17, 15) is 0 Å². The first-order valence-electron chi connectivity index (χ1n) is 5.50. The summed E-state index contributed by atoms with van der Waals surface area (Å²) >= 11 is 11.0. The van der Waals surface area contributed by atoms with E-state index in [1.54, 1.807) is 11.3 Å². The zero-order valence-electron chi connectivity index (χ0n) is 10.2. The van der Waals surface area contributed by atoms with Gasteiger partial charge in [0.2, 0.25) is 0 Å². The second-order valence-corrected chi connectivity index (χ2v) is 6.39. The number of benzene rings is 1. The van der Waals surface area contributed by atoms with Crippen LogP contribution in [0.5, 0.6) is 5.75 Å². The Bertz CT molecular complexity index is 536. The van der Waals surface area contributed by atoms with E-state index < -0.39 is 0 Å². The molecule has 96 valence electrons. The highest BCUT2D eigenvalue weighted by molar-refractivity contribution is 9.10. The minimum atomic E-state index is 0.435. The second-order valence-electron chi connectivity index (χ2n) is 3.92. The van der Waals surface area contributed by atoms with Crippen molar-refractivity contribution in [3.8, 4) is 5.75 Å². The van der Waals surface area contributed by atoms with Gasteiger partial charge in [-0.15, -0.1) is 22.9 Å². The first kappa shape index (κ1) is 13.8. The van der Waals surface area contributed by atoms with Crippen molar-refractivity contribution in [2.75, 3.05) is 0 Å². The normalized spacial score (nSPS) is 10.7. The van der Waals surface area contributed by atoms with Gasteiger partial charge in [-0.05, 0) is 32.0 Å². The van der Waals surface area contributed by atoms with Crippen molar-refractivity contribution < 1.29 is 4.74 Å². The zero-order chi connectivity index (χ0) is 13.1. The van der Waals surface area contributed by atoms with E-state index >= 15 is 0 Å². The molecule has 0 amide bonds. The van der Waals surface area contributed by atoms with Gasteiger partial charge in [-0.3, -0.25) is 0 Å². The second kappa shape index (κ2) is 6.04. The van der Waals surface area contributed by atoms with E-state index in [4.69, 9.17) is 16.3 Å². The molecule has 0 fully saturated rings. The Morgan fingerprint density at radius 2 is 2.17 bits per heavy atom. The van der Waals surface area contributed by atoms with Gasteiger partial charge in [0.25, 0.3) is 0 Å². The van der Waals surface area contributed by atoms with Gasteiger partial charge in [0.05, 0.1) is 11.6 Å². The standard InChI is InChI=1S/C13H13BrClNOS/c1-8-9(2)18-13(16-8)7-17-12-4-3-11(14)5-10(12)6-15/h3-5H,6-7H2,1-2H3. The maximum absolute atomic E-state index is 5.90. The molecule has 2 aromatic rings. The maximum atomic E-state index is 5.90. The molecule has 0 bridgehead atoms. The van der Waals surface area contributed by atoms with Crippen LogP contribution in [-0.2, 0) is 12.5 Å². The van der Waals surface area contributed by atoms with Gasteiger partial charge in [0.15, 0.2) is 0 Å². The molecule has 5 heteroatoms. The van der Waals surface area contributed by atoms with Crippen LogP contribution in [0.15, 0.2) is 22.7 Å². The Morgan fingerprint density at radius 3 is 2.78 bits per heavy atom. The van der Waals surface area contributed by atoms with Gasteiger partial charge in [0.1, 0.15) is 17.4 Å². The molecular formula is C13H13BrClNOS. The summed E-state index contributed by atoms with van der Waals surface area (Å²) in [5, 5.41) is 0.994. The zero-order valence-corrected chi connectivity index (χ0v) is 13.3. The van der Waals surface area contributed by atoms with Crippen LogP contribution in [0.2, 0.25) is 0 Å². The molecule has 0 aliphatic heterocycles. The molecule has 18 heavy (non-hydrogen) atoms. The fraction of sp³-hybridized carbons (Fsp3) is 0.308. The first-order valence-corrected chi connectivity index (χ1v) is 7.64. The molecule has 0 unspecified atom stereocenters. The van der Waals surface area contributed by atoms with Crippen molar-refractivity contribution >= 4 is 38.9 Å². The molecule has 1 aromatic heterocycles. The highest BCUT2D eigenvalue weighted by Crippen LogP contribution is 2.26. The van der Waals surface area contributed by atoms with Crippen molar-refractivity contribution in [2.24, 2.45) is 0 Å². The van der Waals surface area contributed by atoms with Gasteiger partial charge in [-0.2, -0.15) is 0 Å². The summed E-state index contributed by atoms with van der Waals surface area (Å²) < 4.78 is 6.79. The van der Waals surface area contributed by atoms with Crippen LogP contribution in [0.25, 0.3) is 0 Å². The Hall–Kier alpha value is -0.580. The first-order chi connectivity index (χ1) is 8.60. The largest absolute Gasteiger partial charge is 0.486 e. The molecule has 0 N–H and O–H groups in total. The molecule has 0 saturated heterocycles. The molecule has 0 radical (unpaired) electrons. The van der Waals surface area contributed by atoms with Gasteiger partial charge in [-0.25, -0.2) is 4.98 Å². The Balaban J connectivity index is 2.10. The van der Waals surface area contributed by atoms with E-state index in [2.05, 4.69) is 27.8 Å². The van der Waals surface area contributed by atoms with Crippen LogP contribution in [0.4, 0.5) is 0 Å². The summed E-state index contributed by atoms with van der Waals surface area (Å²) in [5.74, 6) is 1.25. The molecule has 0 aliphatic carbocycles. The SMILES string of the molecule is Cc1nc(COc2ccc(Br)cc2CCl)sc1C. The third-order valence-corrected chi connectivity index (χ3v) is 4.42. The number of aryl methyl sites for hydroxylation is 2. The van der Waals surface area contributed by atoms with Crippen molar-refractivity contribution in [3.63, 3.8) is 0 Å². The highest BCUT2D eigenvalue weighted by atomic mass is 79.9. The van der Waals surface area contributed by atoms with E-state index in [1.165, 1.54) is 4.88 Å². The fourth-order valence-corrected chi connectivity index (χ4v) is 3.00. The van der Waals surface area contributed by atoms with Crippen molar-refractivity contribution in [1.29, 1.82) is 0 Å². The van der Waals surface area contributed by atoms with E-state index in [0.29, 0.717) is 12.5 Å². The predicted octanol–water partition coefficient (Wildman–Crippen LogP) is 4.84. The van der Waals surface area contributed by atoms with Crippen molar-refractivity contribution in [1.82, 2.24) is 4.98 Å². The summed E-state index contributed by atoms with van der Waals surface area (Å²) in [6.07, 6.45) is 0. The van der Waals surface area contributed by atoms with Crippen LogP contribution in [-0.4, -0.2) is 4.98 Å². The molecular weight excluding hydrogens is 334 g/mol.